The van der Waals surface area contributed by atoms with Crippen LogP contribution in [0.4, 0.5) is 26.4 Å². The Labute approximate surface area is 223 Å². The van der Waals surface area contributed by atoms with Gasteiger partial charge in [-0.1, -0.05) is 6.07 Å². The first-order valence-corrected chi connectivity index (χ1v) is 12.4. The maximum atomic E-state index is 14.2. The third-order valence-corrected chi connectivity index (χ3v) is 5.98. The number of methoxy groups -OCH3 is 1. The van der Waals surface area contributed by atoms with E-state index in [0.717, 1.165) is 6.54 Å². The predicted octanol–water partition coefficient (Wildman–Crippen LogP) is 3.07. The van der Waals surface area contributed by atoms with E-state index in [4.69, 9.17) is 14.2 Å². The minimum absolute atomic E-state index is 0.00311. The second-order valence-corrected chi connectivity index (χ2v) is 8.95. The Balaban J connectivity index is 1.53. The highest BCUT2D eigenvalue weighted by Crippen LogP contribution is 2.32. The molecule has 5 rings (SSSR count). The van der Waals surface area contributed by atoms with Crippen molar-refractivity contribution in [1.82, 2.24) is 34.4 Å². The van der Waals surface area contributed by atoms with Gasteiger partial charge in [0.15, 0.2) is 5.82 Å². The minimum atomic E-state index is -2.88. The largest absolute Gasteiger partial charge is 0.494 e. The maximum Gasteiger partial charge on any atom is 0.296 e. The number of alkyl halides is 2. The predicted molar refractivity (Wildman–Crippen MR) is 141 cm³/mol. The van der Waals surface area contributed by atoms with E-state index in [1.165, 1.54) is 11.7 Å². The highest BCUT2D eigenvalue weighted by atomic mass is 19.3. The average molecular weight is 542 g/mol. The smallest absolute Gasteiger partial charge is 0.296 e. The Bertz CT molecular complexity index is 1410. The molecule has 0 atom stereocenters. The number of nitrogens with one attached hydrogen (secondary N) is 1. The lowest BCUT2D eigenvalue weighted by Crippen LogP contribution is -2.37. The van der Waals surface area contributed by atoms with Crippen LogP contribution in [0, 0.1) is 0 Å². The molecule has 0 amide bonds. The van der Waals surface area contributed by atoms with Gasteiger partial charge in [-0.25, -0.2) is 18.7 Å². The fraction of sp³-hybridized carbons (Fsp3) is 0.400. The fourth-order valence-electron chi connectivity index (χ4n) is 4.03. The number of aromatic nitrogens is 6. The van der Waals surface area contributed by atoms with Crippen LogP contribution in [0.3, 0.4) is 0 Å². The van der Waals surface area contributed by atoms with Crippen molar-refractivity contribution in [1.29, 1.82) is 0 Å². The van der Waals surface area contributed by atoms with Crippen molar-refractivity contribution >= 4 is 28.6 Å². The number of imidazole rings is 1. The van der Waals surface area contributed by atoms with Crippen LogP contribution in [0.5, 0.6) is 11.6 Å². The Morgan fingerprint density at radius 2 is 1.85 bits per heavy atom. The van der Waals surface area contributed by atoms with Crippen LogP contribution < -0.4 is 19.7 Å². The van der Waals surface area contributed by atoms with Gasteiger partial charge in [-0.05, 0) is 32.3 Å². The number of nitrogens with zero attached hydrogens (tertiary/aromatic N) is 8. The highest BCUT2D eigenvalue weighted by Gasteiger charge is 2.25. The molecule has 1 saturated heterocycles. The molecule has 0 aliphatic carbocycles. The molecule has 14 heteroatoms. The van der Waals surface area contributed by atoms with Crippen LogP contribution in [0.2, 0.25) is 0 Å². The van der Waals surface area contributed by atoms with E-state index in [2.05, 4.69) is 30.2 Å². The number of para-hydroxylation sites is 1. The molecule has 39 heavy (non-hydrogen) atoms. The van der Waals surface area contributed by atoms with Gasteiger partial charge in [0.1, 0.15) is 17.9 Å². The molecule has 0 spiro atoms. The number of anilines is 3. The zero-order valence-electron chi connectivity index (χ0n) is 21.8. The lowest BCUT2D eigenvalue weighted by Gasteiger charge is -2.27. The quantitative estimate of drug-likeness (QED) is 0.319. The number of fused-ring (bicyclic) bond motifs is 1. The van der Waals surface area contributed by atoms with E-state index < -0.39 is 12.2 Å². The second kappa shape index (κ2) is 11.7. The molecule has 1 aliphatic heterocycles. The number of ether oxygens (including phenoxy) is 3. The monoisotopic (exact) mass is 541 g/mol. The van der Waals surface area contributed by atoms with E-state index >= 15 is 0 Å². The molecule has 3 aromatic heterocycles. The van der Waals surface area contributed by atoms with Crippen LogP contribution in [-0.2, 0) is 4.74 Å². The summed E-state index contributed by atoms with van der Waals surface area (Å²) in [5.74, 6) is 0.833. The minimum Gasteiger partial charge on any atom is -0.494 e. The number of morpholine rings is 1. The van der Waals surface area contributed by atoms with Gasteiger partial charge >= 0.3 is 0 Å². The second-order valence-electron chi connectivity index (χ2n) is 8.95. The summed E-state index contributed by atoms with van der Waals surface area (Å²) < 4.78 is 46.1. The average Bonchev–Trinajstić information content (AvgIpc) is 3.35. The first kappa shape index (κ1) is 26.4. The van der Waals surface area contributed by atoms with Crippen molar-refractivity contribution in [3.05, 3.63) is 42.4 Å². The van der Waals surface area contributed by atoms with E-state index in [9.17, 15) is 8.78 Å². The highest BCUT2D eigenvalue weighted by molar-refractivity contribution is 5.84. The summed E-state index contributed by atoms with van der Waals surface area (Å²) in [5.41, 5.74) is 1.26. The zero-order valence-corrected chi connectivity index (χ0v) is 21.8. The molecule has 0 saturated carbocycles. The number of hydrogen-bond acceptors (Lipinski definition) is 11. The molecule has 0 bridgehead atoms. The van der Waals surface area contributed by atoms with Crippen LogP contribution in [0.15, 0.2) is 36.5 Å². The summed E-state index contributed by atoms with van der Waals surface area (Å²) in [6, 6.07) is 8.54. The van der Waals surface area contributed by atoms with Crippen molar-refractivity contribution in [2.24, 2.45) is 0 Å². The summed E-state index contributed by atoms with van der Waals surface area (Å²) in [6.07, 6.45) is -1.29. The summed E-state index contributed by atoms with van der Waals surface area (Å²) >= 11 is 0. The van der Waals surface area contributed by atoms with Crippen molar-refractivity contribution in [3.8, 4) is 17.6 Å². The fourth-order valence-corrected chi connectivity index (χ4v) is 4.03. The van der Waals surface area contributed by atoms with Crippen molar-refractivity contribution in [3.63, 3.8) is 0 Å². The van der Waals surface area contributed by atoms with E-state index in [1.807, 2.05) is 23.9 Å². The Hall–Kier alpha value is -4.17. The molecule has 1 aromatic carbocycles. The lowest BCUT2D eigenvalue weighted by molar-refractivity contribution is 0.122. The van der Waals surface area contributed by atoms with Crippen molar-refractivity contribution in [2.75, 3.05) is 70.9 Å². The molecule has 206 valence electrons. The molecule has 0 radical (unpaired) electrons. The molecule has 1 N–H and O–H groups in total. The molecule has 1 aliphatic rings. The van der Waals surface area contributed by atoms with Crippen LogP contribution in [0.25, 0.3) is 17.0 Å². The van der Waals surface area contributed by atoms with Gasteiger partial charge in [-0.3, -0.25) is 4.57 Å². The Morgan fingerprint density at radius 3 is 2.54 bits per heavy atom. The van der Waals surface area contributed by atoms with Gasteiger partial charge in [-0.2, -0.15) is 15.0 Å². The number of hydrogen-bond donors (Lipinski definition) is 1. The van der Waals surface area contributed by atoms with Gasteiger partial charge in [0.2, 0.25) is 23.7 Å². The summed E-state index contributed by atoms with van der Waals surface area (Å²) in [5, 5.41) is 3.11. The van der Waals surface area contributed by atoms with Gasteiger partial charge in [0, 0.05) is 25.7 Å². The van der Waals surface area contributed by atoms with Crippen LogP contribution >= 0.6 is 0 Å². The molecular formula is C25H29F2N9O3. The standard InChI is InChI=1S/C25H29F2N9O3/c1-34(2)9-14-39-19-8-7-16(15-28-19)29-23-31-24(35-10-12-38-13-11-35)33-25(32-23)36-17-5-4-6-18(37-3)20(17)30-22(36)21(26)27/h4-8,15,21H,9-14H2,1-3H3,(H,29,31,32,33). The summed E-state index contributed by atoms with van der Waals surface area (Å²) in [6.45, 7) is 3.35. The lowest BCUT2D eigenvalue weighted by atomic mass is 10.3. The van der Waals surface area contributed by atoms with Crippen molar-refractivity contribution < 1.29 is 23.0 Å². The summed E-state index contributed by atoms with van der Waals surface area (Å²) in [4.78, 5) is 26.1. The third-order valence-electron chi connectivity index (χ3n) is 5.98. The topological polar surface area (TPSA) is 116 Å². The van der Waals surface area contributed by atoms with E-state index in [1.54, 1.807) is 36.5 Å². The first-order valence-electron chi connectivity index (χ1n) is 12.4. The van der Waals surface area contributed by atoms with Gasteiger partial charge in [0.25, 0.3) is 6.43 Å². The van der Waals surface area contributed by atoms with Gasteiger partial charge < -0.3 is 29.3 Å². The van der Waals surface area contributed by atoms with Crippen LogP contribution in [0.1, 0.15) is 12.2 Å². The first-order chi connectivity index (χ1) is 18.9. The molecular weight excluding hydrogens is 512 g/mol. The van der Waals surface area contributed by atoms with Crippen LogP contribution in [-0.4, -0.2) is 95.0 Å². The number of pyridine rings is 1. The zero-order chi connectivity index (χ0) is 27.4. The Kier molecular flexibility index (Phi) is 7.93. The Morgan fingerprint density at radius 1 is 1.05 bits per heavy atom. The molecule has 0 unspecified atom stereocenters. The summed E-state index contributed by atoms with van der Waals surface area (Å²) in [7, 11) is 5.39. The number of benzene rings is 1. The van der Waals surface area contributed by atoms with Gasteiger partial charge in [0.05, 0.1) is 37.7 Å². The molecule has 4 aromatic rings. The molecule has 1 fully saturated rings. The normalized spacial score (nSPS) is 13.9. The SMILES string of the molecule is COc1cccc2c1nc(C(F)F)n2-c1nc(Nc2ccc(OCCN(C)C)nc2)nc(N2CCOCC2)n1. The molecule has 12 nitrogen and oxygen atoms in total. The number of halogens is 2. The van der Waals surface area contributed by atoms with Gasteiger partial charge in [-0.15, -0.1) is 0 Å². The van der Waals surface area contributed by atoms with E-state index in [-0.39, 0.29) is 17.4 Å². The number of likely N-dealkylation sites (N-methyl/N-ethyl adjacent to an activating group) is 1. The number of rotatable bonds is 10. The molecule has 4 heterocycles. The third kappa shape index (κ3) is 5.96. The van der Waals surface area contributed by atoms with E-state index in [0.29, 0.717) is 61.7 Å². The van der Waals surface area contributed by atoms with Crippen molar-refractivity contribution in [2.45, 2.75) is 6.43 Å². The maximum absolute atomic E-state index is 14.2.